The molecule has 1 amide bonds. The summed E-state index contributed by atoms with van der Waals surface area (Å²) in [6, 6.07) is 18.1. The molecule has 1 aliphatic heterocycles. The molecule has 2 aromatic carbocycles. The van der Waals surface area contributed by atoms with Gasteiger partial charge in [0.15, 0.2) is 0 Å². The second kappa shape index (κ2) is 12.8. The van der Waals surface area contributed by atoms with Crippen LogP contribution in [0.3, 0.4) is 0 Å². The fourth-order valence-corrected chi connectivity index (χ4v) is 4.52. The molecular formula is C29H38N4O. The molecule has 2 heterocycles. The van der Waals surface area contributed by atoms with Crippen LogP contribution in [0.15, 0.2) is 60.8 Å². The Morgan fingerprint density at radius 3 is 2.12 bits per heavy atom. The van der Waals surface area contributed by atoms with Gasteiger partial charge in [-0.1, -0.05) is 38.1 Å². The number of nitrogens with two attached hydrogens (primary N) is 2. The number of fused-ring (bicyclic) bond motifs is 1. The number of aryl methyl sites for hydroxylation is 2. The van der Waals surface area contributed by atoms with Gasteiger partial charge in [0.2, 0.25) is 5.91 Å². The normalized spacial score (nSPS) is 14.6. The van der Waals surface area contributed by atoms with Crippen molar-refractivity contribution in [1.29, 1.82) is 0 Å². The van der Waals surface area contributed by atoms with Gasteiger partial charge in [0.05, 0.1) is 5.69 Å². The topological polar surface area (TPSA) is 85.2 Å². The quantitative estimate of drug-likeness (QED) is 0.471. The maximum absolute atomic E-state index is 11.3. The van der Waals surface area contributed by atoms with Crippen molar-refractivity contribution in [2.24, 2.45) is 5.73 Å². The standard InChI is InChI=1S/C17H20N4O.C10H12.C2H6/c18-15-5-4-13(21-8-2-1-3-9-21)11-14(15)16-10-12(17(19)22)6-7-20-16;1-2-6-10-8-4-3-7-9(10)5-1;1-2/h4-7,10-11H,1-3,8-9,18H2,(H2,19,22);1-2,5-6H,3-4,7-8H2;1-2H3. The zero-order valence-corrected chi connectivity index (χ0v) is 20.6. The smallest absolute Gasteiger partial charge is 0.248 e. The van der Waals surface area contributed by atoms with Gasteiger partial charge in [-0.05, 0) is 86.4 Å². The van der Waals surface area contributed by atoms with Crippen molar-refractivity contribution in [3.8, 4) is 11.3 Å². The van der Waals surface area contributed by atoms with Crippen LogP contribution in [-0.2, 0) is 12.8 Å². The van der Waals surface area contributed by atoms with Crippen LogP contribution in [0.2, 0.25) is 0 Å². The molecule has 3 aromatic rings. The molecule has 1 aliphatic carbocycles. The van der Waals surface area contributed by atoms with E-state index in [9.17, 15) is 4.79 Å². The third kappa shape index (κ3) is 6.60. The maximum Gasteiger partial charge on any atom is 0.248 e. The fraction of sp³-hybridized carbons (Fsp3) is 0.379. The minimum Gasteiger partial charge on any atom is -0.398 e. The number of rotatable bonds is 3. The van der Waals surface area contributed by atoms with Crippen LogP contribution in [0.1, 0.15) is 67.4 Å². The maximum atomic E-state index is 11.3. The van der Waals surface area contributed by atoms with Crippen LogP contribution in [0.5, 0.6) is 0 Å². The van der Waals surface area contributed by atoms with E-state index in [0.717, 1.165) is 24.3 Å². The number of piperidine rings is 1. The van der Waals surface area contributed by atoms with Crippen molar-refractivity contribution in [2.45, 2.75) is 58.8 Å². The van der Waals surface area contributed by atoms with Crippen LogP contribution in [-0.4, -0.2) is 24.0 Å². The summed E-state index contributed by atoms with van der Waals surface area (Å²) in [6.45, 7) is 6.14. The molecule has 1 saturated heterocycles. The molecule has 0 unspecified atom stereocenters. The van der Waals surface area contributed by atoms with Gasteiger partial charge in [-0.15, -0.1) is 0 Å². The monoisotopic (exact) mass is 458 g/mol. The van der Waals surface area contributed by atoms with E-state index in [2.05, 4.69) is 34.1 Å². The van der Waals surface area contributed by atoms with Crippen LogP contribution in [0.25, 0.3) is 11.3 Å². The number of carbonyl (C=O) groups excluding carboxylic acids is 1. The predicted octanol–water partition coefficient (Wildman–Crippen LogP) is 6.01. The summed E-state index contributed by atoms with van der Waals surface area (Å²) in [5, 5.41) is 0. The van der Waals surface area contributed by atoms with Crippen molar-refractivity contribution in [2.75, 3.05) is 23.7 Å². The largest absolute Gasteiger partial charge is 0.398 e. The van der Waals surface area contributed by atoms with E-state index in [4.69, 9.17) is 11.5 Å². The van der Waals surface area contributed by atoms with Gasteiger partial charge in [0, 0.05) is 41.8 Å². The van der Waals surface area contributed by atoms with E-state index in [1.54, 1.807) is 29.5 Å². The lowest BCUT2D eigenvalue weighted by Gasteiger charge is -2.29. The molecule has 5 rings (SSSR count). The van der Waals surface area contributed by atoms with E-state index in [1.165, 1.54) is 44.9 Å². The molecule has 5 nitrogen and oxygen atoms in total. The molecule has 2 aliphatic rings. The van der Waals surface area contributed by atoms with Crippen LogP contribution >= 0.6 is 0 Å². The average Bonchev–Trinajstić information content (AvgIpc) is 2.91. The average molecular weight is 459 g/mol. The van der Waals surface area contributed by atoms with Gasteiger partial charge in [-0.3, -0.25) is 9.78 Å². The summed E-state index contributed by atoms with van der Waals surface area (Å²) in [6.07, 6.45) is 10.7. The number of nitrogens with zero attached hydrogens (tertiary/aromatic N) is 2. The summed E-state index contributed by atoms with van der Waals surface area (Å²) in [5.41, 5.74) is 18.3. The van der Waals surface area contributed by atoms with Crippen LogP contribution < -0.4 is 16.4 Å². The number of anilines is 2. The van der Waals surface area contributed by atoms with Gasteiger partial charge >= 0.3 is 0 Å². The number of primary amides is 1. The number of aromatic nitrogens is 1. The van der Waals surface area contributed by atoms with Gasteiger partial charge < -0.3 is 16.4 Å². The van der Waals surface area contributed by atoms with Crippen molar-refractivity contribution in [3.63, 3.8) is 0 Å². The fourth-order valence-electron chi connectivity index (χ4n) is 4.52. The molecule has 1 aromatic heterocycles. The van der Waals surface area contributed by atoms with E-state index in [-0.39, 0.29) is 0 Å². The highest BCUT2D eigenvalue weighted by Crippen LogP contribution is 2.30. The van der Waals surface area contributed by atoms with Gasteiger partial charge in [-0.25, -0.2) is 0 Å². The van der Waals surface area contributed by atoms with Gasteiger partial charge in [0.25, 0.3) is 0 Å². The SMILES string of the molecule is CC.NC(=O)c1ccnc(-c2cc(N3CCCCC3)ccc2N)c1.c1ccc2c(c1)CCCC2. The summed E-state index contributed by atoms with van der Waals surface area (Å²) >= 11 is 0. The summed E-state index contributed by atoms with van der Waals surface area (Å²) in [5.74, 6) is -0.464. The van der Waals surface area contributed by atoms with Crippen LogP contribution in [0, 0.1) is 0 Å². The predicted molar refractivity (Wildman–Crippen MR) is 143 cm³/mol. The Bertz CT molecular complexity index is 1050. The number of benzene rings is 2. The van der Waals surface area contributed by atoms with Crippen LogP contribution in [0.4, 0.5) is 11.4 Å². The third-order valence-corrected chi connectivity index (χ3v) is 6.34. The number of nitrogen functional groups attached to an aromatic ring is 1. The molecule has 0 atom stereocenters. The molecule has 180 valence electrons. The molecule has 0 spiro atoms. The first-order valence-corrected chi connectivity index (χ1v) is 12.6. The Hall–Kier alpha value is -3.34. The highest BCUT2D eigenvalue weighted by atomic mass is 16.1. The van der Waals surface area contributed by atoms with E-state index >= 15 is 0 Å². The summed E-state index contributed by atoms with van der Waals surface area (Å²) in [4.78, 5) is 18.0. The van der Waals surface area contributed by atoms with Crippen molar-refractivity contribution in [3.05, 3.63) is 77.5 Å². The second-order valence-corrected chi connectivity index (χ2v) is 8.59. The Balaban J connectivity index is 0.000000224. The summed E-state index contributed by atoms with van der Waals surface area (Å²) < 4.78 is 0. The second-order valence-electron chi connectivity index (χ2n) is 8.59. The van der Waals surface area contributed by atoms with E-state index in [0.29, 0.717) is 16.9 Å². The Labute approximate surface area is 204 Å². The van der Waals surface area contributed by atoms with E-state index < -0.39 is 5.91 Å². The molecular weight excluding hydrogens is 420 g/mol. The minimum atomic E-state index is -0.464. The third-order valence-electron chi connectivity index (χ3n) is 6.34. The molecule has 0 radical (unpaired) electrons. The molecule has 5 heteroatoms. The first-order valence-electron chi connectivity index (χ1n) is 12.6. The molecule has 1 fully saturated rings. The minimum absolute atomic E-state index is 0.438. The van der Waals surface area contributed by atoms with Crippen molar-refractivity contribution >= 4 is 17.3 Å². The number of amides is 1. The summed E-state index contributed by atoms with van der Waals surface area (Å²) in [7, 11) is 0. The van der Waals surface area contributed by atoms with Gasteiger partial charge in [-0.2, -0.15) is 0 Å². The van der Waals surface area contributed by atoms with Crippen molar-refractivity contribution in [1.82, 2.24) is 4.98 Å². The molecule has 0 saturated carbocycles. The zero-order chi connectivity index (χ0) is 24.3. The Morgan fingerprint density at radius 1 is 0.853 bits per heavy atom. The molecule has 4 N–H and O–H groups in total. The first-order chi connectivity index (χ1) is 16.6. The first kappa shape index (κ1) is 25.3. The van der Waals surface area contributed by atoms with Gasteiger partial charge in [0.1, 0.15) is 0 Å². The lowest BCUT2D eigenvalue weighted by atomic mass is 9.92. The number of pyridine rings is 1. The number of carbonyl (C=O) groups is 1. The zero-order valence-electron chi connectivity index (χ0n) is 20.6. The lowest BCUT2D eigenvalue weighted by Crippen LogP contribution is -2.29. The molecule has 34 heavy (non-hydrogen) atoms. The highest BCUT2D eigenvalue weighted by Gasteiger charge is 2.14. The number of hydrogen-bond donors (Lipinski definition) is 2. The number of hydrogen-bond acceptors (Lipinski definition) is 4. The Morgan fingerprint density at radius 2 is 1.50 bits per heavy atom. The molecule has 0 bridgehead atoms. The highest BCUT2D eigenvalue weighted by molar-refractivity contribution is 5.94. The Kier molecular flexibility index (Phi) is 9.51. The van der Waals surface area contributed by atoms with E-state index in [1.807, 2.05) is 32.0 Å². The van der Waals surface area contributed by atoms with Crippen molar-refractivity contribution < 1.29 is 4.79 Å². The lowest BCUT2D eigenvalue weighted by molar-refractivity contribution is 0.1000.